The molecule has 0 unspecified atom stereocenters. The first kappa shape index (κ1) is 10.7. The highest BCUT2D eigenvalue weighted by Crippen LogP contribution is 2.42. The summed E-state index contributed by atoms with van der Waals surface area (Å²) in [5.41, 5.74) is 6.01. The molecule has 1 aromatic heterocycles. The predicted octanol–water partition coefficient (Wildman–Crippen LogP) is 0.590. The van der Waals surface area contributed by atoms with Crippen LogP contribution in [0.3, 0.4) is 0 Å². The summed E-state index contributed by atoms with van der Waals surface area (Å²) in [6.45, 7) is 3.81. The number of nitrogens with two attached hydrogens (primary N) is 1. The molecule has 2 aliphatic rings. The van der Waals surface area contributed by atoms with Crippen LogP contribution < -0.4 is 10.6 Å². The van der Waals surface area contributed by atoms with Gasteiger partial charge in [-0.3, -0.25) is 14.7 Å². The van der Waals surface area contributed by atoms with Gasteiger partial charge in [-0.15, -0.1) is 0 Å². The smallest absolute Gasteiger partial charge is 0.240 e. The number of rotatable bonds is 1. The van der Waals surface area contributed by atoms with E-state index >= 15 is 0 Å². The molecule has 5 nitrogen and oxygen atoms in total. The summed E-state index contributed by atoms with van der Waals surface area (Å²) in [5, 5.41) is 0. The monoisotopic (exact) mass is 232 g/mol. The minimum atomic E-state index is -0.566. The molecule has 2 N–H and O–H groups in total. The van der Waals surface area contributed by atoms with Gasteiger partial charge in [-0.25, -0.2) is 4.98 Å². The van der Waals surface area contributed by atoms with E-state index in [4.69, 9.17) is 5.73 Å². The lowest BCUT2D eigenvalue weighted by Crippen LogP contribution is -2.53. The Hall–Kier alpha value is -1.49. The van der Waals surface area contributed by atoms with E-state index in [-0.39, 0.29) is 18.0 Å². The van der Waals surface area contributed by atoms with Crippen molar-refractivity contribution < 1.29 is 4.79 Å². The Morgan fingerprint density at radius 3 is 2.65 bits per heavy atom. The fraction of sp³-hybridized carbons (Fsp3) is 0.583. The van der Waals surface area contributed by atoms with E-state index < -0.39 is 5.41 Å². The first-order chi connectivity index (χ1) is 8.01. The molecule has 90 valence electrons. The molecule has 17 heavy (non-hydrogen) atoms. The van der Waals surface area contributed by atoms with Gasteiger partial charge in [-0.2, -0.15) is 0 Å². The molecule has 1 amide bonds. The average molecular weight is 232 g/mol. The van der Waals surface area contributed by atoms with Crippen LogP contribution in [0.2, 0.25) is 0 Å². The summed E-state index contributed by atoms with van der Waals surface area (Å²) in [6, 6.07) is 0.423. The van der Waals surface area contributed by atoms with Crippen molar-refractivity contribution in [2.24, 2.45) is 5.73 Å². The average Bonchev–Trinajstić information content (AvgIpc) is 2.45. The van der Waals surface area contributed by atoms with E-state index in [1.807, 2.05) is 13.8 Å². The second-order valence-corrected chi connectivity index (χ2v) is 5.41. The molecule has 1 fully saturated rings. The van der Waals surface area contributed by atoms with Crippen molar-refractivity contribution in [2.75, 3.05) is 4.90 Å². The summed E-state index contributed by atoms with van der Waals surface area (Å²) in [4.78, 5) is 22.9. The lowest BCUT2D eigenvalue weighted by Gasteiger charge is -2.39. The van der Waals surface area contributed by atoms with Crippen LogP contribution in [0.25, 0.3) is 0 Å². The van der Waals surface area contributed by atoms with Crippen molar-refractivity contribution in [1.82, 2.24) is 9.97 Å². The molecule has 1 aliphatic heterocycles. The molecule has 0 bridgehead atoms. The number of hydrogen-bond donors (Lipinski definition) is 1. The first-order valence-electron chi connectivity index (χ1n) is 5.92. The zero-order valence-corrected chi connectivity index (χ0v) is 10.1. The number of amides is 1. The Bertz CT molecular complexity index is 479. The molecule has 5 heteroatoms. The quantitative estimate of drug-likeness (QED) is 0.769. The van der Waals surface area contributed by atoms with Gasteiger partial charge in [0.1, 0.15) is 0 Å². The zero-order valence-electron chi connectivity index (χ0n) is 10.1. The maximum absolute atomic E-state index is 12.4. The maximum Gasteiger partial charge on any atom is 0.240 e. The molecule has 3 rings (SSSR count). The van der Waals surface area contributed by atoms with E-state index in [9.17, 15) is 4.79 Å². The standard InChI is InChI=1S/C12H16N4O/c1-12(2)9-10(15-4-3-14-9)16(11(12)17)8-5-7(13)6-8/h3-4,7-8H,5-6,13H2,1-2H3/t7-,8+. The van der Waals surface area contributed by atoms with Crippen LogP contribution in [0.1, 0.15) is 32.4 Å². The predicted molar refractivity (Wildman–Crippen MR) is 63.5 cm³/mol. The van der Waals surface area contributed by atoms with E-state index in [0.29, 0.717) is 0 Å². The molecule has 1 saturated carbocycles. The molecule has 0 atom stereocenters. The van der Waals surface area contributed by atoms with Crippen molar-refractivity contribution >= 4 is 11.7 Å². The van der Waals surface area contributed by atoms with Crippen LogP contribution in [0.15, 0.2) is 12.4 Å². The highest BCUT2D eigenvalue weighted by Gasteiger charge is 2.50. The second-order valence-electron chi connectivity index (χ2n) is 5.41. The van der Waals surface area contributed by atoms with Gasteiger partial charge in [-0.05, 0) is 26.7 Å². The fourth-order valence-electron chi connectivity index (χ4n) is 2.63. The number of hydrogen-bond acceptors (Lipinski definition) is 4. The van der Waals surface area contributed by atoms with Crippen molar-refractivity contribution in [2.45, 2.75) is 44.2 Å². The minimum Gasteiger partial charge on any atom is -0.328 e. The van der Waals surface area contributed by atoms with Crippen LogP contribution in [-0.4, -0.2) is 28.0 Å². The number of nitrogens with zero attached hydrogens (tertiary/aromatic N) is 3. The highest BCUT2D eigenvalue weighted by molar-refractivity contribution is 6.06. The normalized spacial score (nSPS) is 30.1. The van der Waals surface area contributed by atoms with E-state index in [2.05, 4.69) is 9.97 Å². The first-order valence-corrected chi connectivity index (χ1v) is 5.92. The number of carbonyl (C=O) groups is 1. The van der Waals surface area contributed by atoms with Gasteiger partial charge in [0.2, 0.25) is 5.91 Å². The van der Waals surface area contributed by atoms with Crippen molar-refractivity contribution in [3.05, 3.63) is 18.1 Å². The lowest BCUT2D eigenvalue weighted by molar-refractivity contribution is -0.123. The third-order valence-electron chi connectivity index (χ3n) is 3.77. The van der Waals surface area contributed by atoms with Gasteiger partial charge < -0.3 is 5.73 Å². The van der Waals surface area contributed by atoms with Crippen LogP contribution in [0.5, 0.6) is 0 Å². The van der Waals surface area contributed by atoms with E-state index in [0.717, 1.165) is 24.4 Å². The Kier molecular flexibility index (Phi) is 2.04. The molecule has 0 saturated heterocycles. The van der Waals surface area contributed by atoms with E-state index in [1.54, 1.807) is 17.3 Å². The van der Waals surface area contributed by atoms with Crippen LogP contribution in [0.4, 0.5) is 5.82 Å². The van der Waals surface area contributed by atoms with Gasteiger partial charge in [-0.1, -0.05) is 0 Å². The molecular weight excluding hydrogens is 216 g/mol. The summed E-state index contributed by atoms with van der Waals surface area (Å²) < 4.78 is 0. The molecular formula is C12H16N4O. The van der Waals surface area contributed by atoms with Gasteiger partial charge in [0.05, 0.1) is 11.1 Å². The zero-order chi connectivity index (χ0) is 12.2. The number of aromatic nitrogens is 2. The summed E-state index contributed by atoms with van der Waals surface area (Å²) >= 11 is 0. The molecule has 0 radical (unpaired) electrons. The van der Waals surface area contributed by atoms with E-state index in [1.165, 1.54) is 0 Å². The van der Waals surface area contributed by atoms with Crippen LogP contribution in [0, 0.1) is 0 Å². The van der Waals surface area contributed by atoms with Gasteiger partial charge in [0, 0.05) is 24.5 Å². The van der Waals surface area contributed by atoms with Crippen LogP contribution >= 0.6 is 0 Å². The SMILES string of the molecule is CC1(C)C(=O)N([C@H]2C[C@@H](N)C2)c2nccnc21. The third-order valence-corrected chi connectivity index (χ3v) is 3.77. The number of fused-ring (bicyclic) bond motifs is 1. The lowest BCUT2D eigenvalue weighted by atomic mass is 9.85. The molecule has 0 aromatic carbocycles. The second kappa shape index (κ2) is 3.26. The molecule has 1 aliphatic carbocycles. The Morgan fingerprint density at radius 1 is 1.35 bits per heavy atom. The van der Waals surface area contributed by atoms with Crippen molar-refractivity contribution in [3.63, 3.8) is 0 Å². The summed E-state index contributed by atoms with van der Waals surface area (Å²) in [7, 11) is 0. The molecule has 0 spiro atoms. The van der Waals surface area contributed by atoms with Gasteiger partial charge >= 0.3 is 0 Å². The van der Waals surface area contributed by atoms with Crippen molar-refractivity contribution in [3.8, 4) is 0 Å². The summed E-state index contributed by atoms with van der Waals surface area (Å²) in [5.74, 6) is 0.815. The number of anilines is 1. The van der Waals surface area contributed by atoms with Crippen LogP contribution in [-0.2, 0) is 10.2 Å². The summed E-state index contributed by atoms with van der Waals surface area (Å²) in [6.07, 6.45) is 5.00. The van der Waals surface area contributed by atoms with Gasteiger partial charge in [0.15, 0.2) is 5.82 Å². The maximum atomic E-state index is 12.4. The Balaban J connectivity index is 2.04. The minimum absolute atomic E-state index is 0.0931. The van der Waals surface area contributed by atoms with Crippen molar-refractivity contribution in [1.29, 1.82) is 0 Å². The van der Waals surface area contributed by atoms with Gasteiger partial charge in [0.25, 0.3) is 0 Å². The highest BCUT2D eigenvalue weighted by atomic mass is 16.2. The topological polar surface area (TPSA) is 72.1 Å². The Labute approximate surface area is 100 Å². The third kappa shape index (κ3) is 1.32. The molecule has 1 aromatic rings. The number of carbonyl (C=O) groups excluding carboxylic acids is 1. The molecule has 2 heterocycles. The largest absolute Gasteiger partial charge is 0.328 e. The Morgan fingerprint density at radius 2 is 2.00 bits per heavy atom. The fourth-order valence-corrected chi connectivity index (χ4v) is 2.63.